The van der Waals surface area contributed by atoms with Crippen molar-refractivity contribution in [1.82, 2.24) is 10.6 Å². The fraction of sp³-hybridized carbons (Fsp3) is 0.333. The van der Waals surface area contributed by atoms with Crippen molar-refractivity contribution >= 4 is 17.7 Å². The minimum Gasteiger partial charge on any atom is -0.493 e. The lowest BCUT2D eigenvalue weighted by atomic mass is 9.92. The van der Waals surface area contributed by atoms with E-state index in [2.05, 4.69) is 10.6 Å². The van der Waals surface area contributed by atoms with Gasteiger partial charge in [-0.1, -0.05) is 49.4 Å². The van der Waals surface area contributed by atoms with Crippen LogP contribution < -0.4 is 20.1 Å². The molecule has 0 bridgehead atoms. The van der Waals surface area contributed by atoms with E-state index in [4.69, 9.17) is 14.2 Å². The van der Waals surface area contributed by atoms with Gasteiger partial charge >= 0.3 is 12.0 Å². The third-order valence-electron chi connectivity index (χ3n) is 4.69. The molecule has 2 aromatic rings. The van der Waals surface area contributed by atoms with Crippen LogP contribution in [0.4, 0.5) is 4.79 Å². The first-order valence-electron chi connectivity index (χ1n) is 10.3. The molecule has 7 heteroatoms. The van der Waals surface area contributed by atoms with Crippen molar-refractivity contribution in [2.45, 2.75) is 39.3 Å². The molecular formula is C24H28N2O5. The van der Waals surface area contributed by atoms with E-state index in [1.165, 1.54) is 0 Å². The zero-order chi connectivity index (χ0) is 22.4. The Morgan fingerprint density at radius 1 is 1.10 bits per heavy atom. The van der Waals surface area contributed by atoms with Crippen LogP contribution >= 0.6 is 0 Å². The van der Waals surface area contributed by atoms with Crippen LogP contribution in [0.25, 0.3) is 5.70 Å². The molecule has 1 heterocycles. The van der Waals surface area contributed by atoms with E-state index in [9.17, 15) is 9.59 Å². The molecule has 0 fully saturated rings. The summed E-state index contributed by atoms with van der Waals surface area (Å²) in [7, 11) is 1.55. The molecule has 2 N–H and O–H groups in total. The van der Waals surface area contributed by atoms with Crippen LogP contribution in [-0.4, -0.2) is 31.8 Å². The zero-order valence-electron chi connectivity index (χ0n) is 18.2. The summed E-state index contributed by atoms with van der Waals surface area (Å²) < 4.78 is 17.0. The van der Waals surface area contributed by atoms with Gasteiger partial charge in [-0.25, -0.2) is 9.59 Å². The number of ether oxygens (including phenoxy) is 3. The maximum atomic E-state index is 13.2. The van der Waals surface area contributed by atoms with Crippen molar-refractivity contribution in [3.63, 3.8) is 0 Å². The second-order valence-corrected chi connectivity index (χ2v) is 7.37. The Balaban J connectivity index is 2.22. The van der Waals surface area contributed by atoms with Gasteiger partial charge in [0, 0.05) is 5.56 Å². The topological polar surface area (TPSA) is 85.9 Å². The molecule has 164 valence electrons. The molecule has 0 saturated heterocycles. The molecule has 2 amide bonds. The van der Waals surface area contributed by atoms with Crippen LogP contribution in [0.1, 0.15) is 44.4 Å². The molecule has 0 radical (unpaired) electrons. The molecule has 0 saturated carbocycles. The van der Waals surface area contributed by atoms with Gasteiger partial charge in [0.05, 0.1) is 37.1 Å². The lowest BCUT2D eigenvalue weighted by Crippen LogP contribution is -2.45. The molecule has 0 aliphatic carbocycles. The fourth-order valence-electron chi connectivity index (χ4n) is 3.41. The molecule has 1 atom stereocenters. The first-order chi connectivity index (χ1) is 15.0. The van der Waals surface area contributed by atoms with E-state index in [0.29, 0.717) is 40.5 Å². The number of hydrogen-bond acceptors (Lipinski definition) is 5. The van der Waals surface area contributed by atoms with Gasteiger partial charge in [-0.3, -0.25) is 0 Å². The van der Waals surface area contributed by atoms with Gasteiger partial charge < -0.3 is 24.8 Å². The average molecular weight is 424 g/mol. The molecule has 0 spiro atoms. The van der Waals surface area contributed by atoms with E-state index >= 15 is 0 Å². The fourth-order valence-corrected chi connectivity index (χ4v) is 3.41. The van der Waals surface area contributed by atoms with Crippen molar-refractivity contribution in [2.75, 3.05) is 13.7 Å². The maximum Gasteiger partial charge on any atom is 0.338 e. The number of carbonyl (C=O) groups excluding carboxylic acids is 2. The Morgan fingerprint density at radius 3 is 2.48 bits per heavy atom. The minimum absolute atomic E-state index is 0.300. The number of nitrogens with one attached hydrogen (secondary N) is 2. The van der Waals surface area contributed by atoms with Crippen LogP contribution in [0, 0.1) is 0 Å². The van der Waals surface area contributed by atoms with E-state index in [-0.39, 0.29) is 6.10 Å². The highest BCUT2D eigenvalue weighted by Crippen LogP contribution is 2.40. The summed E-state index contributed by atoms with van der Waals surface area (Å²) in [5.74, 6) is 0.494. The van der Waals surface area contributed by atoms with Crippen LogP contribution in [0.15, 0.2) is 54.1 Å². The van der Waals surface area contributed by atoms with E-state index in [0.717, 1.165) is 6.42 Å². The van der Waals surface area contributed by atoms with Crippen LogP contribution in [0.2, 0.25) is 0 Å². The van der Waals surface area contributed by atoms with Crippen molar-refractivity contribution in [3.8, 4) is 11.5 Å². The smallest absolute Gasteiger partial charge is 0.338 e. The highest BCUT2D eigenvalue weighted by atomic mass is 16.5. The summed E-state index contributed by atoms with van der Waals surface area (Å²) in [5.41, 5.74) is 2.03. The number of para-hydroxylation sites is 1. The number of methoxy groups -OCH3 is 1. The molecule has 2 aromatic carbocycles. The lowest BCUT2D eigenvalue weighted by Gasteiger charge is -2.31. The predicted octanol–water partition coefficient (Wildman–Crippen LogP) is 4.20. The standard InChI is InChI=1S/C24H28N2O5/c1-5-14-30-22-17(12-9-13-18(22)29-4)21-19(23(27)31-15(2)3)20(25-24(28)26-21)16-10-7-6-8-11-16/h6-13,15,21H,5,14H2,1-4H3,(H2,25,26,28). The Labute approximate surface area is 182 Å². The zero-order valence-corrected chi connectivity index (χ0v) is 18.2. The molecule has 7 nitrogen and oxygen atoms in total. The van der Waals surface area contributed by atoms with Crippen LogP contribution in [-0.2, 0) is 9.53 Å². The number of urea groups is 1. The Bertz CT molecular complexity index is 969. The molecule has 0 aromatic heterocycles. The second-order valence-electron chi connectivity index (χ2n) is 7.37. The predicted molar refractivity (Wildman–Crippen MR) is 118 cm³/mol. The van der Waals surface area contributed by atoms with Crippen molar-refractivity contribution in [2.24, 2.45) is 0 Å². The van der Waals surface area contributed by atoms with Crippen molar-refractivity contribution < 1.29 is 23.8 Å². The van der Waals surface area contributed by atoms with Crippen molar-refractivity contribution in [1.29, 1.82) is 0 Å². The molecule has 1 aliphatic heterocycles. The second kappa shape index (κ2) is 10.0. The monoisotopic (exact) mass is 424 g/mol. The average Bonchev–Trinajstić information content (AvgIpc) is 2.76. The third kappa shape index (κ3) is 4.99. The Morgan fingerprint density at radius 2 is 1.84 bits per heavy atom. The number of rotatable bonds is 8. The van der Waals surface area contributed by atoms with Gasteiger partial charge in [-0.15, -0.1) is 0 Å². The summed E-state index contributed by atoms with van der Waals surface area (Å²) in [4.78, 5) is 25.8. The van der Waals surface area contributed by atoms with Crippen LogP contribution in [0.3, 0.4) is 0 Å². The van der Waals surface area contributed by atoms with Gasteiger partial charge in [0.15, 0.2) is 11.5 Å². The SMILES string of the molecule is CCCOc1c(OC)cccc1C1NC(=O)NC(c2ccccc2)=C1C(=O)OC(C)C. The first kappa shape index (κ1) is 22.2. The normalized spacial score (nSPS) is 15.9. The highest BCUT2D eigenvalue weighted by molar-refractivity contribution is 6.04. The molecule has 1 aliphatic rings. The Kier molecular flexibility index (Phi) is 7.18. The molecule has 1 unspecified atom stereocenters. The molecular weight excluding hydrogens is 396 g/mol. The Hall–Kier alpha value is -3.48. The summed E-state index contributed by atoms with van der Waals surface area (Å²) in [5, 5.41) is 5.65. The summed E-state index contributed by atoms with van der Waals surface area (Å²) in [6.07, 6.45) is 0.472. The summed E-state index contributed by atoms with van der Waals surface area (Å²) in [6.45, 7) is 6.03. The number of amides is 2. The van der Waals surface area contributed by atoms with Gasteiger partial charge in [0.25, 0.3) is 0 Å². The van der Waals surface area contributed by atoms with E-state index < -0.39 is 18.0 Å². The first-order valence-corrected chi connectivity index (χ1v) is 10.3. The molecule has 31 heavy (non-hydrogen) atoms. The van der Waals surface area contributed by atoms with Gasteiger partial charge in [-0.05, 0) is 31.9 Å². The molecule has 3 rings (SSSR count). The number of hydrogen-bond donors (Lipinski definition) is 2. The van der Waals surface area contributed by atoms with Gasteiger partial charge in [0.1, 0.15) is 0 Å². The number of benzene rings is 2. The van der Waals surface area contributed by atoms with Crippen molar-refractivity contribution in [3.05, 3.63) is 65.2 Å². The third-order valence-corrected chi connectivity index (χ3v) is 4.69. The largest absolute Gasteiger partial charge is 0.493 e. The maximum absolute atomic E-state index is 13.2. The lowest BCUT2D eigenvalue weighted by molar-refractivity contribution is -0.143. The quantitative estimate of drug-likeness (QED) is 0.621. The van der Waals surface area contributed by atoms with Gasteiger partial charge in [-0.2, -0.15) is 0 Å². The minimum atomic E-state index is -0.780. The van der Waals surface area contributed by atoms with E-state index in [1.807, 2.05) is 43.3 Å². The van der Waals surface area contributed by atoms with Crippen LogP contribution in [0.5, 0.6) is 11.5 Å². The van der Waals surface area contributed by atoms with E-state index in [1.54, 1.807) is 33.1 Å². The number of carbonyl (C=O) groups is 2. The summed E-state index contributed by atoms with van der Waals surface area (Å²) in [6, 6.07) is 13.4. The van der Waals surface area contributed by atoms with Gasteiger partial charge in [0.2, 0.25) is 0 Å². The summed E-state index contributed by atoms with van der Waals surface area (Å²) >= 11 is 0. The highest BCUT2D eigenvalue weighted by Gasteiger charge is 2.37. The number of esters is 1.